The summed E-state index contributed by atoms with van der Waals surface area (Å²) in [5.74, 6) is 0.662. The number of ether oxygens (including phenoxy) is 1. The normalized spacial score (nSPS) is 15.0. The molecule has 0 spiro atoms. The topological polar surface area (TPSA) is 60.2 Å². The lowest BCUT2D eigenvalue weighted by Gasteiger charge is -2.32. The van der Waals surface area contributed by atoms with E-state index in [0.29, 0.717) is 19.0 Å². The molecular formula is C20H20N4O2. The molecule has 6 heteroatoms. The smallest absolute Gasteiger partial charge is 0.253 e. The first-order valence-electron chi connectivity index (χ1n) is 8.75. The van der Waals surface area contributed by atoms with Crippen molar-refractivity contribution in [2.24, 2.45) is 0 Å². The third kappa shape index (κ3) is 3.59. The van der Waals surface area contributed by atoms with Gasteiger partial charge in [-0.2, -0.15) is 0 Å². The summed E-state index contributed by atoms with van der Waals surface area (Å²) >= 11 is 0. The van der Waals surface area contributed by atoms with E-state index in [0.717, 1.165) is 24.1 Å². The minimum absolute atomic E-state index is 0.0737. The van der Waals surface area contributed by atoms with E-state index in [1.54, 1.807) is 12.3 Å². The Morgan fingerprint density at radius 2 is 1.77 bits per heavy atom. The molecule has 1 saturated heterocycles. The molecule has 4 rings (SSSR count). The zero-order valence-electron chi connectivity index (χ0n) is 14.4. The van der Waals surface area contributed by atoms with Gasteiger partial charge in [-0.1, -0.05) is 0 Å². The van der Waals surface area contributed by atoms with Crippen LogP contribution in [0.15, 0.2) is 67.4 Å². The van der Waals surface area contributed by atoms with Crippen LogP contribution >= 0.6 is 0 Å². The fraction of sp³-hybridized carbons (Fsp3) is 0.250. The second kappa shape index (κ2) is 7.39. The first-order chi connectivity index (χ1) is 12.8. The maximum atomic E-state index is 12.7. The predicted molar refractivity (Wildman–Crippen MR) is 97.4 cm³/mol. The summed E-state index contributed by atoms with van der Waals surface area (Å²) < 4.78 is 7.87. The van der Waals surface area contributed by atoms with E-state index >= 15 is 0 Å². The molecule has 0 N–H and O–H groups in total. The Morgan fingerprint density at radius 1 is 1.04 bits per heavy atom. The van der Waals surface area contributed by atoms with Crippen molar-refractivity contribution in [1.29, 1.82) is 0 Å². The SMILES string of the molecule is O=C(c1ccc(-n2cccc2)cc1)N1CCC(Oc2ccncn2)CC1. The number of rotatable bonds is 4. The van der Waals surface area contributed by atoms with Crippen molar-refractivity contribution in [1.82, 2.24) is 19.4 Å². The zero-order chi connectivity index (χ0) is 17.8. The van der Waals surface area contributed by atoms with Gasteiger partial charge in [0.1, 0.15) is 12.4 Å². The largest absolute Gasteiger partial charge is 0.474 e. The molecule has 2 aromatic heterocycles. The molecule has 6 nitrogen and oxygen atoms in total. The molecule has 26 heavy (non-hydrogen) atoms. The standard InChI is InChI=1S/C20H20N4O2/c25-20(16-3-5-17(6-4-16)23-11-1-2-12-23)24-13-8-18(9-14-24)26-19-7-10-21-15-22-19/h1-7,10-12,15,18H,8-9,13-14H2. The number of carbonyl (C=O) groups excluding carboxylic acids is 1. The Balaban J connectivity index is 1.34. The third-order valence-electron chi connectivity index (χ3n) is 4.59. The summed E-state index contributed by atoms with van der Waals surface area (Å²) in [7, 11) is 0. The van der Waals surface area contributed by atoms with Gasteiger partial charge in [-0.3, -0.25) is 4.79 Å². The summed E-state index contributed by atoms with van der Waals surface area (Å²) in [5.41, 5.74) is 1.76. The predicted octanol–water partition coefficient (Wildman–Crippen LogP) is 2.95. The fourth-order valence-electron chi connectivity index (χ4n) is 3.16. The average Bonchev–Trinajstić information content (AvgIpc) is 3.24. The van der Waals surface area contributed by atoms with Gasteiger partial charge in [0.25, 0.3) is 5.91 Å². The molecule has 3 aromatic rings. The number of carbonyl (C=O) groups is 1. The van der Waals surface area contributed by atoms with Crippen LogP contribution in [0.4, 0.5) is 0 Å². The number of nitrogens with zero attached hydrogens (tertiary/aromatic N) is 4. The maximum absolute atomic E-state index is 12.7. The highest BCUT2D eigenvalue weighted by Gasteiger charge is 2.25. The first-order valence-corrected chi connectivity index (χ1v) is 8.75. The quantitative estimate of drug-likeness (QED) is 0.727. The van der Waals surface area contributed by atoms with Crippen LogP contribution in [0, 0.1) is 0 Å². The van der Waals surface area contributed by atoms with Crippen molar-refractivity contribution in [2.45, 2.75) is 18.9 Å². The van der Waals surface area contributed by atoms with Crippen molar-refractivity contribution in [3.8, 4) is 11.6 Å². The molecule has 0 saturated carbocycles. The Kier molecular flexibility index (Phi) is 4.64. The van der Waals surface area contributed by atoms with Crippen molar-refractivity contribution in [2.75, 3.05) is 13.1 Å². The van der Waals surface area contributed by atoms with Crippen LogP contribution in [0.3, 0.4) is 0 Å². The van der Waals surface area contributed by atoms with Crippen molar-refractivity contribution < 1.29 is 9.53 Å². The van der Waals surface area contributed by atoms with Crippen LogP contribution in [-0.4, -0.2) is 44.5 Å². The van der Waals surface area contributed by atoms with Crippen LogP contribution in [0.2, 0.25) is 0 Å². The second-order valence-electron chi connectivity index (χ2n) is 6.29. The minimum atomic E-state index is 0.0737. The van der Waals surface area contributed by atoms with Gasteiger partial charge in [-0.25, -0.2) is 9.97 Å². The second-order valence-corrected chi connectivity index (χ2v) is 6.29. The van der Waals surface area contributed by atoms with Crippen LogP contribution in [0.5, 0.6) is 5.88 Å². The molecular weight excluding hydrogens is 328 g/mol. The average molecular weight is 348 g/mol. The van der Waals surface area contributed by atoms with E-state index in [2.05, 4.69) is 9.97 Å². The van der Waals surface area contributed by atoms with E-state index in [4.69, 9.17) is 4.74 Å². The van der Waals surface area contributed by atoms with Crippen LogP contribution in [0.1, 0.15) is 23.2 Å². The Labute approximate surface area is 152 Å². The summed E-state index contributed by atoms with van der Waals surface area (Å²) in [5, 5.41) is 0. The van der Waals surface area contributed by atoms with Gasteiger partial charge < -0.3 is 14.2 Å². The molecule has 1 fully saturated rings. The van der Waals surface area contributed by atoms with E-state index in [-0.39, 0.29) is 12.0 Å². The maximum Gasteiger partial charge on any atom is 0.253 e. The van der Waals surface area contributed by atoms with Crippen LogP contribution < -0.4 is 4.74 Å². The number of amides is 1. The van der Waals surface area contributed by atoms with E-state index in [1.807, 2.05) is 58.3 Å². The lowest BCUT2D eigenvalue weighted by Crippen LogP contribution is -2.41. The highest BCUT2D eigenvalue weighted by Crippen LogP contribution is 2.19. The van der Waals surface area contributed by atoms with Gasteiger partial charge >= 0.3 is 0 Å². The Hall–Kier alpha value is -3.15. The van der Waals surface area contributed by atoms with Gasteiger partial charge in [-0.15, -0.1) is 0 Å². The number of benzene rings is 1. The van der Waals surface area contributed by atoms with Gasteiger partial charge in [-0.05, 0) is 36.4 Å². The van der Waals surface area contributed by atoms with Gasteiger partial charge in [0.15, 0.2) is 0 Å². The summed E-state index contributed by atoms with van der Waals surface area (Å²) in [4.78, 5) is 22.6. The highest BCUT2D eigenvalue weighted by molar-refractivity contribution is 5.94. The Bertz CT molecular complexity index is 839. The third-order valence-corrected chi connectivity index (χ3v) is 4.59. The summed E-state index contributed by atoms with van der Waals surface area (Å²) in [6.07, 6.45) is 8.81. The molecule has 0 bridgehead atoms. The first kappa shape index (κ1) is 16.3. The summed E-state index contributed by atoms with van der Waals surface area (Å²) in [6.45, 7) is 1.38. The molecule has 3 heterocycles. The number of hydrogen-bond acceptors (Lipinski definition) is 4. The summed E-state index contributed by atoms with van der Waals surface area (Å²) in [6, 6.07) is 13.4. The Morgan fingerprint density at radius 3 is 2.42 bits per heavy atom. The molecule has 0 aliphatic carbocycles. The number of aromatic nitrogens is 3. The number of likely N-dealkylation sites (tertiary alicyclic amines) is 1. The molecule has 0 unspecified atom stereocenters. The van der Waals surface area contributed by atoms with Crippen LogP contribution in [-0.2, 0) is 0 Å². The molecule has 0 radical (unpaired) electrons. The zero-order valence-corrected chi connectivity index (χ0v) is 14.4. The van der Waals surface area contributed by atoms with E-state index < -0.39 is 0 Å². The number of hydrogen-bond donors (Lipinski definition) is 0. The fourth-order valence-corrected chi connectivity index (χ4v) is 3.16. The van der Waals surface area contributed by atoms with Gasteiger partial charge in [0.05, 0.1) is 0 Å². The molecule has 1 aliphatic heterocycles. The molecule has 132 valence electrons. The van der Waals surface area contributed by atoms with Crippen molar-refractivity contribution in [3.63, 3.8) is 0 Å². The molecule has 0 atom stereocenters. The minimum Gasteiger partial charge on any atom is -0.474 e. The molecule has 1 amide bonds. The van der Waals surface area contributed by atoms with Gasteiger partial charge in [0, 0.05) is 61.8 Å². The lowest BCUT2D eigenvalue weighted by molar-refractivity contribution is 0.0587. The van der Waals surface area contributed by atoms with Crippen molar-refractivity contribution in [3.05, 3.63) is 72.9 Å². The van der Waals surface area contributed by atoms with Crippen LogP contribution in [0.25, 0.3) is 5.69 Å². The van der Waals surface area contributed by atoms with Crippen molar-refractivity contribution >= 4 is 5.91 Å². The van der Waals surface area contributed by atoms with Gasteiger partial charge in [0.2, 0.25) is 5.88 Å². The van der Waals surface area contributed by atoms with E-state index in [1.165, 1.54) is 6.33 Å². The van der Waals surface area contributed by atoms with E-state index in [9.17, 15) is 4.79 Å². The monoisotopic (exact) mass is 348 g/mol. The lowest BCUT2D eigenvalue weighted by atomic mass is 10.1. The molecule has 1 aliphatic rings. The highest BCUT2D eigenvalue weighted by atomic mass is 16.5. The molecule has 1 aromatic carbocycles. The number of piperidine rings is 1.